The van der Waals surface area contributed by atoms with Gasteiger partial charge in [-0.3, -0.25) is 4.79 Å². The molecule has 142 valence electrons. The number of nitrogens with zero attached hydrogens (tertiary/aromatic N) is 1. The predicted molar refractivity (Wildman–Crippen MR) is 96.0 cm³/mol. The van der Waals surface area contributed by atoms with Crippen molar-refractivity contribution in [1.82, 2.24) is 10.2 Å². The Balaban J connectivity index is 1.66. The third-order valence-electron chi connectivity index (χ3n) is 5.56. The van der Waals surface area contributed by atoms with Gasteiger partial charge in [0, 0.05) is 25.4 Å². The molecular weight excluding hydrogens is 353 g/mol. The zero-order valence-electron chi connectivity index (χ0n) is 14.8. The highest BCUT2D eigenvalue weighted by molar-refractivity contribution is 5.78. The lowest BCUT2D eigenvalue weighted by molar-refractivity contribution is -0.137. The van der Waals surface area contributed by atoms with Gasteiger partial charge in [-0.15, -0.1) is 0 Å². The van der Waals surface area contributed by atoms with E-state index >= 15 is 0 Å². The Labute approximate surface area is 156 Å². The maximum absolute atomic E-state index is 14.0. The third kappa shape index (κ3) is 3.46. The van der Waals surface area contributed by atoms with Gasteiger partial charge in [0.05, 0.1) is 12.6 Å². The largest absolute Gasteiger partial charge is 0.331 e. The lowest BCUT2D eigenvalue weighted by atomic mass is 9.87. The Kier molecular flexibility index (Phi) is 4.68. The molecule has 2 heterocycles. The summed E-state index contributed by atoms with van der Waals surface area (Å²) < 4.78 is 41.3. The van der Waals surface area contributed by atoms with E-state index in [9.17, 15) is 18.0 Å². The van der Waals surface area contributed by atoms with Crippen molar-refractivity contribution < 1.29 is 18.0 Å². The molecule has 0 bridgehead atoms. The maximum Gasteiger partial charge on any atom is 0.264 e. The van der Waals surface area contributed by atoms with Crippen LogP contribution >= 0.6 is 0 Å². The average Bonchev–Trinajstić information content (AvgIpc) is 2.99. The number of amides is 1. The number of nitrogens with one attached hydrogen (secondary N) is 1. The van der Waals surface area contributed by atoms with Crippen LogP contribution < -0.4 is 5.32 Å². The molecule has 2 aliphatic heterocycles. The van der Waals surface area contributed by atoms with Crippen LogP contribution in [0.15, 0.2) is 48.5 Å². The molecule has 1 unspecified atom stereocenters. The van der Waals surface area contributed by atoms with E-state index in [0.29, 0.717) is 13.0 Å². The number of hydrogen-bond acceptors (Lipinski definition) is 2. The van der Waals surface area contributed by atoms with E-state index in [1.54, 1.807) is 17.0 Å². The van der Waals surface area contributed by atoms with Gasteiger partial charge in [-0.05, 0) is 35.2 Å². The minimum absolute atomic E-state index is 0.143. The number of fused-ring (bicyclic) bond motifs is 1. The van der Waals surface area contributed by atoms with Crippen molar-refractivity contribution in [3.05, 3.63) is 71.0 Å². The molecule has 2 aromatic carbocycles. The highest BCUT2D eigenvalue weighted by atomic mass is 19.3. The normalized spacial score (nSPS) is 23.9. The fourth-order valence-electron chi connectivity index (χ4n) is 4.10. The predicted octanol–water partition coefficient (Wildman–Crippen LogP) is 3.54. The topological polar surface area (TPSA) is 32.3 Å². The van der Waals surface area contributed by atoms with Gasteiger partial charge in [0.2, 0.25) is 5.91 Å². The molecule has 0 saturated carbocycles. The van der Waals surface area contributed by atoms with Crippen LogP contribution in [-0.4, -0.2) is 36.4 Å². The molecule has 1 saturated heterocycles. The highest BCUT2D eigenvalue weighted by Crippen LogP contribution is 2.37. The molecule has 0 aromatic heterocycles. The van der Waals surface area contributed by atoms with Crippen LogP contribution in [-0.2, 0) is 11.2 Å². The van der Waals surface area contributed by atoms with Gasteiger partial charge >= 0.3 is 0 Å². The molecule has 0 spiro atoms. The van der Waals surface area contributed by atoms with Crippen molar-refractivity contribution in [2.45, 2.75) is 24.8 Å². The fourth-order valence-corrected chi connectivity index (χ4v) is 4.10. The molecule has 2 aromatic rings. The van der Waals surface area contributed by atoms with Crippen LogP contribution in [0.25, 0.3) is 0 Å². The summed E-state index contributed by atoms with van der Waals surface area (Å²) in [5.74, 6) is -4.49. The summed E-state index contributed by atoms with van der Waals surface area (Å²) in [4.78, 5) is 14.7. The molecule has 2 atom stereocenters. The van der Waals surface area contributed by atoms with Crippen LogP contribution in [0, 0.1) is 11.7 Å². The molecular formula is C21H21F3N2O. The number of benzene rings is 2. The molecule has 4 rings (SSSR count). The van der Waals surface area contributed by atoms with E-state index < -0.39 is 11.8 Å². The second-order valence-corrected chi connectivity index (χ2v) is 7.28. The Morgan fingerprint density at radius 3 is 2.59 bits per heavy atom. The monoisotopic (exact) mass is 374 g/mol. The van der Waals surface area contributed by atoms with Crippen molar-refractivity contribution in [1.29, 1.82) is 0 Å². The first kappa shape index (κ1) is 18.0. The molecule has 1 N–H and O–H groups in total. The standard InChI is InChI=1S/C21H21F3N2O/c22-17-7-5-15(6-8-17)20-18-4-2-1-3-14(18)9-10-26(20)19(27)11-16-12-25-13-21(16,23)24/h1-8,16,20,25H,9-13H2/t16?,20-/m0/s1. The Morgan fingerprint density at radius 1 is 1.15 bits per heavy atom. The first-order valence-electron chi connectivity index (χ1n) is 9.17. The summed E-state index contributed by atoms with van der Waals surface area (Å²) in [5, 5.41) is 2.67. The third-order valence-corrected chi connectivity index (χ3v) is 5.56. The van der Waals surface area contributed by atoms with E-state index in [1.165, 1.54) is 12.1 Å². The number of hydrogen-bond donors (Lipinski definition) is 1. The number of carbonyl (C=O) groups is 1. The Hall–Kier alpha value is -2.34. The van der Waals surface area contributed by atoms with Gasteiger partial charge in [-0.1, -0.05) is 36.4 Å². The maximum atomic E-state index is 14.0. The van der Waals surface area contributed by atoms with Crippen molar-refractivity contribution in [3.8, 4) is 0 Å². The van der Waals surface area contributed by atoms with Crippen LogP contribution in [0.5, 0.6) is 0 Å². The number of halogens is 3. The van der Waals surface area contributed by atoms with E-state index in [1.807, 2.05) is 24.3 Å². The van der Waals surface area contributed by atoms with Crippen molar-refractivity contribution in [2.75, 3.05) is 19.6 Å². The summed E-state index contributed by atoms with van der Waals surface area (Å²) in [5.41, 5.74) is 2.89. The lowest BCUT2D eigenvalue weighted by Crippen LogP contribution is -2.42. The summed E-state index contributed by atoms with van der Waals surface area (Å²) in [6.07, 6.45) is 0.485. The van der Waals surface area contributed by atoms with Crippen LogP contribution in [0.4, 0.5) is 13.2 Å². The Morgan fingerprint density at radius 2 is 1.89 bits per heavy atom. The quantitative estimate of drug-likeness (QED) is 0.891. The highest BCUT2D eigenvalue weighted by Gasteiger charge is 2.46. The first-order chi connectivity index (χ1) is 13.0. The summed E-state index contributed by atoms with van der Waals surface area (Å²) in [7, 11) is 0. The Bertz CT molecular complexity index is 838. The molecule has 27 heavy (non-hydrogen) atoms. The van der Waals surface area contributed by atoms with Crippen LogP contribution in [0.1, 0.15) is 29.2 Å². The SMILES string of the molecule is O=C(CC1CNCC1(F)F)N1CCc2ccccc2[C@@H]1c1ccc(F)cc1. The molecule has 6 heteroatoms. The molecule has 0 aliphatic carbocycles. The second kappa shape index (κ2) is 7.00. The van der Waals surface area contributed by atoms with Gasteiger partial charge in [0.15, 0.2) is 0 Å². The van der Waals surface area contributed by atoms with Gasteiger partial charge in [-0.25, -0.2) is 13.2 Å². The first-order valence-corrected chi connectivity index (χ1v) is 9.17. The van der Waals surface area contributed by atoms with E-state index in [4.69, 9.17) is 0 Å². The average molecular weight is 374 g/mol. The summed E-state index contributed by atoms with van der Waals surface area (Å²) in [6, 6.07) is 13.5. The zero-order valence-corrected chi connectivity index (χ0v) is 14.8. The van der Waals surface area contributed by atoms with Gasteiger partial charge in [0.1, 0.15) is 5.82 Å². The summed E-state index contributed by atoms with van der Waals surface area (Å²) in [6.45, 7) is 0.225. The van der Waals surface area contributed by atoms with Crippen molar-refractivity contribution >= 4 is 5.91 Å². The van der Waals surface area contributed by atoms with E-state index in [-0.39, 0.29) is 37.3 Å². The zero-order chi connectivity index (χ0) is 19.0. The number of carbonyl (C=O) groups excluding carboxylic acids is 1. The van der Waals surface area contributed by atoms with E-state index in [2.05, 4.69) is 5.32 Å². The molecule has 1 fully saturated rings. The van der Waals surface area contributed by atoms with Gasteiger partial charge in [0.25, 0.3) is 5.92 Å². The number of alkyl halides is 2. The molecule has 1 amide bonds. The minimum Gasteiger partial charge on any atom is -0.331 e. The minimum atomic E-state index is -2.87. The fraction of sp³-hybridized carbons (Fsp3) is 0.381. The van der Waals surface area contributed by atoms with Gasteiger partial charge < -0.3 is 10.2 Å². The molecule has 2 aliphatic rings. The summed E-state index contributed by atoms with van der Waals surface area (Å²) >= 11 is 0. The lowest BCUT2D eigenvalue weighted by Gasteiger charge is -2.38. The van der Waals surface area contributed by atoms with Crippen molar-refractivity contribution in [2.24, 2.45) is 5.92 Å². The van der Waals surface area contributed by atoms with Crippen LogP contribution in [0.3, 0.4) is 0 Å². The van der Waals surface area contributed by atoms with Gasteiger partial charge in [-0.2, -0.15) is 0 Å². The van der Waals surface area contributed by atoms with Crippen molar-refractivity contribution in [3.63, 3.8) is 0 Å². The number of rotatable bonds is 3. The van der Waals surface area contributed by atoms with E-state index in [0.717, 1.165) is 16.7 Å². The van der Waals surface area contributed by atoms with Crippen LogP contribution in [0.2, 0.25) is 0 Å². The molecule has 3 nitrogen and oxygen atoms in total. The molecule has 0 radical (unpaired) electrons. The second-order valence-electron chi connectivity index (χ2n) is 7.28. The smallest absolute Gasteiger partial charge is 0.264 e.